The lowest BCUT2D eigenvalue weighted by molar-refractivity contribution is -0.149. The van der Waals surface area contributed by atoms with Gasteiger partial charge in [0.1, 0.15) is 5.60 Å². The molecule has 3 heterocycles. The highest BCUT2D eigenvalue weighted by molar-refractivity contribution is 5.83. The van der Waals surface area contributed by atoms with Crippen LogP contribution >= 0.6 is 0 Å². The maximum Gasteiger partial charge on any atom is 0.251 e. The van der Waals surface area contributed by atoms with Crippen LogP contribution in [0.2, 0.25) is 0 Å². The SMILES string of the molecule is C=CC[C@H](NC(=O)[C@H]1CN(C(=O)C(C)C)CCO1)[C@H](O)CN[C@H]1CC2(CCC2)Oc2ncc(CC(C)(C)C)cc21. The van der Waals surface area contributed by atoms with E-state index in [1.54, 1.807) is 11.0 Å². The molecule has 0 aromatic carbocycles. The molecule has 2 fully saturated rings. The van der Waals surface area contributed by atoms with Gasteiger partial charge in [-0.2, -0.15) is 0 Å². The zero-order chi connectivity index (χ0) is 29.1. The Morgan fingerprint density at radius 2 is 2.08 bits per heavy atom. The number of hydrogen-bond acceptors (Lipinski definition) is 7. The Balaban J connectivity index is 1.41. The summed E-state index contributed by atoms with van der Waals surface area (Å²) in [6, 6.07) is 1.64. The van der Waals surface area contributed by atoms with Crippen molar-refractivity contribution in [2.45, 2.75) is 103 Å². The van der Waals surface area contributed by atoms with Crippen LogP contribution in [0, 0.1) is 11.3 Å². The second kappa shape index (κ2) is 12.6. The molecule has 9 nitrogen and oxygen atoms in total. The highest BCUT2D eigenvalue weighted by atomic mass is 16.5. The lowest BCUT2D eigenvalue weighted by atomic mass is 9.73. The van der Waals surface area contributed by atoms with Crippen molar-refractivity contribution in [3.8, 4) is 5.88 Å². The number of nitrogens with one attached hydrogen (secondary N) is 2. The van der Waals surface area contributed by atoms with Crippen LogP contribution in [0.15, 0.2) is 24.9 Å². The largest absolute Gasteiger partial charge is 0.471 e. The monoisotopic (exact) mass is 556 g/mol. The van der Waals surface area contributed by atoms with Gasteiger partial charge in [-0.25, -0.2) is 4.98 Å². The molecule has 1 aromatic heterocycles. The molecule has 4 rings (SSSR count). The smallest absolute Gasteiger partial charge is 0.251 e. The second-order valence-electron chi connectivity index (χ2n) is 13.3. The number of morpholine rings is 1. The van der Waals surface area contributed by atoms with Crippen LogP contribution in [-0.4, -0.2) is 76.9 Å². The Morgan fingerprint density at radius 3 is 2.70 bits per heavy atom. The normalized spacial score (nSPS) is 23.5. The van der Waals surface area contributed by atoms with Gasteiger partial charge in [-0.3, -0.25) is 9.59 Å². The van der Waals surface area contributed by atoms with Gasteiger partial charge in [0.2, 0.25) is 11.8 Å². The number of amides is 2. The fourth-order valence-corrected chi connectivity index (χ4v) is 5.89. The van der Waals surface area contributed by atoms with Crippen LogP contribution in [0.25, 0.3) is 0 Å². The molecule has 1 spiro atoms. The summed E-state index contributed by atoms with van der Waals surface area (Å²) in [4.78, 5) is 31.9. The van der Waals surface area contributed by atoms with E-state index < -0.39 is 18.2 Å². The van der Waals surface area contributed by atoms with Crippen molar-refractivity contribution in [1.29, 1.82) is 0 Å². The molecule has 3 aliphatic rings. The Morgan fingerprint density at radius 1 is 1.32 bits per heavy atom. The van der Waals surface area contributed by atoms with E-state index in [9.17, 15) is 14.7 Å². The average molecular weight is 557 g/mol. The first-order valence-corrected chi connectivity index (χ1v) is 14.8. The summed E-state index contributed by atoms with van der Waals surface area (Å²) in [7, 11) is 0. The molecule has 1 aliphatic carbocycles. The Bertz CT molecular complexity index is 1060. The molecule has 1 saturated carbocycles. The number of nitrogens with zero attached hydrogens (tertiary/aromatic N) is 2. The van der Waals surface area contributed by atoms with Gasteiger partial charge in [0.25, 0.3) is 5.91 Å². The molecule has 1 saturated heterocycles. The van der Waals surface area contributed by atoms with E-state index in [1.165, 1.54) is 5.56 Å². The summed E-state index contributed by atoms with van der Waals surface area (Å²) < 4.78 is 12.1. The fraction of sp³-hybridized carbons (Fsp3) is 0.710. The molecule has 9 heteroatoms. The van der Waals surface area contributed by atoms with E-state index in [4.69, 9.17) is 14.5 Å². The van der Waals surface area contributed by atoms with Gasteiger partial charge in [-0.1, -0.05) is 40.7 Å². The molecule has 40 heavy (non-hydrogen) atoms. The number of hydrogen-bond donors (Lipinski definition) is 3. The zero-order valence-electron chi connectivity index (χ0n) is 24.9. The third-order valence-corrected chi connectivity index (χ3v) is 8.15. The minimum absolute atomic E-state index is 0.00843. The minimum Gasteiger partial charge on any atom is -0.471 e. The first kappa shape index (κ1) is 30.5. The Hall–Kier alpha value is -2.49. The van der Waals surface area contributed by atoms with Gasteiger partial charge in [0.05, 0.1) is 25.3 Å². The summed E-state index contributed by atoms with van der Waals surface area (Å²) in [5.41, 5.74) is 2.14. The van der Waals surface area contributed by atoms with Crippen molar-refractivity contribution in [3.63, 3.8) is 0 Å². The maximum absolute atomic E-state index is 13.1. The summed E-state index contributed by atoms with van der Waals surface area (Å²) >= 11 is 0. The number of carbonyl (C=O) groups is 2. The van der Waals surface area contributed by atoms with Crippen molar-refractivity contribution < 1.29 is 24.2 Å². The summed E-state index contributed by atoms with van der Waals surface area (Å²) in [6.45, 7) is 15.4. The van der Waals surface area contributed by atoms with Gasteiger partial charge in [0.15, 0.2) is 6.10 Å². The van der Waals surface area contributed by atoms with Crippen LogP contribution in [0.4, 0.5) is 0 Å². The number of aliphatic hydroxyl groups is 1. The predicted octanol–water partition coefficient (Wildman–Crippen LogP) is 3.31. The molecular weight excluding hydrogens is 508 g/mol. The van der Waals surface area contributed by atoms with Crippen LogP contribution < -0.4 is 15.4 Å². The third-order valence-electron chi connectivity index (χ3n) is 8.15. The Kier molecular flexibility index (Phi) is 9.58. The molecule has 2 amide bonds. The molecule has 222 valence electrons. The summed E-state index contributed by atoms with van der Waals surface area (Å²) in [5.74, 6) is 0.223. The topological polar surface area (TPSA) is 113 Å². The number of aromatic nitrogens is 1. The van der Waals surface area contributed by atoms with Crippen molar-refractivity contribution in [3.05, 3.63) is 36.0 Å². The minimum atomic E-state index is -0.853. The first-order chi connectivity index (χ1) is 18.9. The van der Waals surface area contributed by atoms with E-state index in [2.05, 4.69) is 44.1 Å². The van der Waals surface area contributed by atoms with E-state index in [1.807, 2.05) is 20.0 Å². The number of carbonyl (C=O) groups excluding carboxylic acids is 2. The number of fused-ring (bicyclic) bond motifs is 1. The number of aliphatic hydroxyl groups excluding tert-OH is 1. The molecular formula is C31H48N4O5. The molecule has 3 N–H and O–H groups in total. The van der Waals surface area contributed by atoms with E-state index in [0.717, 1.165) is 37.7 Å². The number of ether oxygens (including phenoxy) is 2. The van der Waals surface area contributed by atoms with Crippen molar-refractivity contribution in [2.75, 3.05) is 26.2 Å². The van der Waals surface area contributed by atoms with Gasteiger partial charge < -0.3 is 30.1 Å². The standard InChI is InChI=1S/C31H48N4O5/c1-7-9-23(34-27(37)26-19-35(12-13-39-26)29(38)20(2)3)25(36)18-32-24-16-31(10-8-11-31)40-28-22(24)14-21(17-33-28)15-30(4,5)6/h7,14,17,20,23-26,32,36H,1,8-13,15-16,18-19H2,2-6H3,(H,34,37)/t23-,24-,25+,26+/m0/s1. The zero-order valence-corrected chi connectivity index (χ0v) is 24.9. The van der Waals surface area contributed by atoms with Crippen molar-refractivity contribution in [1.82, 2.24) is 20.5 Å². The van der Waals surface area contributed by atoms with Crippen molar-refractivity contribution in [2.24, 2.45) is 11.3 Å². The number of pyridine rings is 1. The molecule has 1 aromatic rings. The first-order valence-electron chi connectivity index (χ1n) is 14.8. The lowest BCUT2D eigenvalue weighted by Gasteiger charge is -2.47. The number of rotatable bonds is 10. The fourth-order valence-electron chi connectivity index (χ4n) is 5.89. The maximum atomic E-state index is 13.1. The molecule has 4 atom stereocenters. The predicted molar refractivity (Wildman–Crippen MR) is 154 cm³/mol. The molecule has 0 radical (unpaired) electrons. The van der Waals surface area contributed by atoms with Crippen LogP contribution in [0.3, 0.4) is 0 Å². The molecule has 0 unspecified atom stereocenters. The van der Waals surface area contributed by atoms with Gasteiger partial charge in [-0.05, 0) is 49.1 Å². The van der Waals surface area contributed by atoms with E-state index >= 15 is 0 Å². The van der Waals surface area contributed by atoms with Crippen LogP contribution in [0.5, 0.6) is 5.88 Å². The quantitative estimate of drug-likeness (QED) is 0.379. The summed E-state index contributed by atoms with van der Waals surface area (Å²) in [6.07, 6.45) is 7.28. The van der Waals surface area contributed by atoms with E-state index in [0.29, 0.717) is 25.5 Å². The highest BCUT2D eigenvalue weighted by Crippen LogP contribution is 2.48. The van der Waals surface area contributed by atoms with Crippen molar-refractivity contribution >= 4 is 11.8 Å². The van der Waals surface area contributed by atoms with Gasteiger partial charge >= 0.3 is 0 Å². The van der Waals surface area contributed by atoms with Crippen LogP contribution in [-0.2, 0) is 20.7 Å². The third kappa shape index (κ3) is 7.42. The lowest BCUT2D eigenvalue weighted by Crippen LogP contribution is -2.56. The second-order valence-corrected chi connectivity index (χ2v) is 13.3. The summed E-state index contributed by atoms with van der Waals surface area (Å²) in [5, 5.41) is 17.7. The Labute approximate surface area is 239 Å². The molecule has 2 aliphatic heterocycles. The highest BCUT2D eigenvalue weighted by Gasteiger charge is 2.46. The molecule has 0 bridgehead atoms. The van der Waals surface area contributed by atoms with Gasteiger partial charge in [0, 0.05) is 43.2 Å². The average Bonchev–Trinajstić information content (AvgIpc) is 2.89. The van der Waals surface area contributed by atoms with Gasteiger partial charge in [-0.15, -0.1) is 6.58 Å². The van der Waals surface area contributed by atoms with Crippen LogP contribution in [0.1, 0.15) is 83.9 Å². The van der Waals surface area contributed by atoms with E-state index in [-0.39, 0.29) is 47.9 Å².